The largest absolute Gasteiger partial charge is 0.353 e. The third kappa shape index (κ3) is 5.17. The molecule has 0 aromatic heterocycles. The summed E-state index contributed by atoms with van der Waals surface area (Å²) in [5.74, 6) is 1.77. The number of hydrogen-bond donors (Lipinski definition) is 2. The van der Waals surface area contributed by atoms with Crippen molar-refractivity contribution in [2.45, 2.75) is 46.1 Å². The van der Waals surface area contributed by atoms with Crippen molar-refractivity contribution >= 4 is 5.91 Å². The van der Waals surface area contributed by atoms with Crippen molar-refractivity contribution in [2.24, 2.45) is 11.8 Å². The van der Waals surface area contributed by atoms with Crippen LogP contribution in [0, 0.1) is 11.8 Å². The SMILES string of the molecule is CC1CCC(CNCC(=O)NC(C)C)C1. The Morgan fingerprint density at radius 2 is 2.13 bits per heavy atom. The van der Waals surface area contributed by atoms with E-state index in [0.717, 1.165) is 18.4 Å². The normalized spacial score (nSPS) is 25.9. The van der Waals surface area contributed by atoms with Crippen LogP contribution in [0.2, 0.25) is 0 Å². The molecule has 2 unspecified atom stereocenters. The molecule has 2 atom stereocenters. The summed E-state index contributed by atoms with van der Waals surface area (Å²) in [6, 6.07) is 0.241. The second-order valence-electron chi connectivity index (χ2n) is 5.14. The molecule has 88 valence electrons. The molecule has 0 aromatic rings. The summed E-state index contributed by atoms with van der Waals surface area (Å²) < 4.78 is 0. The van der Waals surface area contributed by atoms with Gasteiger partial charge in [-0.1, -0.05) is 13.3 Å². The van der Waals surface area contributed by atoms with Gasteiger partial charge in [-0.3, -0.25) is 4.79 Å². The summed E-state index contributed by atoms with van der Waals surface area (Å²) in [7, 11) is 0. The molecule has 3 heteroatoms. The summed E-state index contributed by atoms with van der Waals surface area (Å²) in [6.45, 7) is 7.73. The number of carbonyl (C=O) groups is 1. The van der Waals surface area contributed by atoms with E-state index >= 15 is 0 Å². The first-order valence-electron chi connectivity index (χ1n) is 6.08. The smallest absolute Gasteiger partial charge is 0.234 e. The molecule has 1 fully saturated rings. The first kappa shape index (κ1) is 12.5. The van der Waals surface area contributed by atoms with Crippen molar-refractivity contribution in [3.8, 4) is 0 Å². The molecule has 15 heavy (non-hydrogen) atoms. The van der Waals surface area contributed by atoms with E-state index in [1.54, 1.807) is 0 Å². The summed E-state index contributed by atoms with van der Waals surface area (Å²) in [5.41, 5.74) is 0. The zero-order chi connectivity index (χ0) is 11.3. The summed E-state index contributed by atoms with van der Waals surface area (Å²) in [5, 5.41) is 6.12. The zero-order valence-corrected chi connectivity index (χ0v) is 10.2. The summed E-state index contributed by atoms with van der Waals surface area (Å²) >= 11 is 0. The third-order valence-electron chi connectivity index (χ3n) is 2.97. The molecule has 2 N–H and O–H groups in total. The molecule has 0 heterocycles. The Balaban J connectivity index is 2.03. The Kier molecular flexibility index (Phi) is 5.09. The van der Waals surface area contributed by atoms with Crippen LogP contribution in [0.4, 0.5) is 0 Å². The summed E-state index contributed by atoms with van der Waals surface area (Å²) in [4.78, 5) is 11.3. The fraction of sp³-hybridized carbons (Fsp3) is 0.917. The molecule has 3 nitrogen and oxygen atoms in total. The maximum atomic E-state index is 11.3. The molecule has 0 radical (unpaired) electrons. The van der Waals surface area contributed by atoms with Gasteiger partial charge in [0, 0.05) is 6.04 Å². The predicted molar refractivity (Wildman–Crippen MR) is 62.7 cm³/mol. The molecule has 0 spiro atoms. The average molecular weight is 212 g/mol. The van der Waals surface area contributed by atoms with Gasteiger partial charge >= 0.3 is 0 Å². The van der Waals surface area contributed by atoms with E-state index < -0.39 is 0 Å². The molecular formula is C12H24N2O. The fourth-order valence-corrected chi connectivity index (χ4v) is 2.27. The van der Waals surface area contributed by atoms with Crippen molar-refractivity contribution in [2.75, 3.05) is 13.1 Å². The van der Waals surface area contributed by atoms with E-state index in [-0.39, 0.29) is 11.9 Å². The van der Waals surface area contributed by atoms with Gasteiger partial charge in [0.05, 0.1) is 6.54 Å². The minimum atomic E-state index is 0.107. The molecule has 1 aliphatic rings. The highest BCUT2D eigenvalue weighted by atomic mass is 16.1. The monoisotopic (exact) mass is 212 g/mol. The van der Waals surface area contributed by atoms with Crippen LogP contribution in [-0.2, 0) is 4.79 Å². The second kappa shape index (κ2) is 6.11. The Labute approximate surface area is 93.0 Å². The van der Waals surface area contributed by atoms with Crippen LogP contribution in [0.25, 0.3) is 0 Å². The van der Waals surface area contributed by atoms with E-state index in [0.29, 0.717) is 6.54 Å². The van der Waals surface area contributed by atoms with Crippen molar-refractivity contribution < 1.29 is 4.79 Å². The third-order valence-corrected chi connectivity index (χ3v) is 2.97. The Morgan fingerprint density at radius 3 is 2.67 bits per heavy atom. The van der Waals surface area contributed by atoms with Gasteiger partial charge in [0.2, 0.25) is 5.91 Å². The van der Waals surface area contributed by atoms with Crippen molar-refractivity contribution in [3.63, 3.8) is 0 Å². The van der Waals surface area contributed by atoms with Crippen LogP contribution in [0.1, 0.15) is 40.0 Å². The lowest BCUT2D eigenvalue weighted by Crippen LogP contribution is -2.38. The van der Waals surface area contributed by atoms with Crippen molar-refractivity contribution in [1.82, 2.24) is 10.6 Å². The predicted octanol–water partition coefficient (Wildman–Crippen LogP) is 1.54. The van der Waals surface area contributed by atoms with E-state index in [4.69, 9.17) is 0 Å². The van der Waals surface area contributed by atoms with Gasteiger partial charge in [-0.05, 0) is 45.1 Å². The van der Waals surface area contributed by atoms with Crippen LogP contribution < -0.4 is 10.6 Å². The molecule has 1 rings (SSSR count). The van der Waals surface area contributed by atoms with Crippen LogP contribution in [0.3, 0.4) is 0 Å². The van der Waals surface area contributed by atoms with Crippen molar-refractivity contribution in [1.29, 1.82) is 0 Å². The quantitative estimate of drug-likeness (QED) is 0.726. The molecule has 0 saturated heterocycles. The minimum absolute atomic E-state index is 0.107. The van der Waals surface area contributed by atoms with E-state index in [1.165, 1.54) is 19.3 Å². The fourth-order valence-electron chi connectivity index (χ4n) is 2.27. The Hall–Kier alpha value is -0.570. The highest BCUT2D eigenvalue weighted by Gasteiger charge is 2.20. The number of amides is 1. The van der Waals surface area contributed by atoms with Gasteiger partial charge < -0.3 is 10.6 Å². The first-order chi connectivity index (χ1) is 7.08. The number of rotatable bonds is 5. The Morgan fingerprint density at radius 1 is 1.40 bits per heavy atom. The van der Waals surface area contributed by atoms with Crippen molar-refractivity contribution in [3.05, 3.63) is 0 Å². The van der Waals surface area contributed by atoms with E-state index in [9.17, 15) is 4.79 Å². The highest BCUT2D eigenvalue weighted by Crippen LogP contribution is 2.29. The lowest BCUT2D eigenvalue weighted by molar-refractivity contribution is -0.120. The Bertz CT molecular complexity index is 204. The van der Waals surface area contributed by atoms with Gasteiger partial charge in [-0.15, -0.1) is 0 Å². The first-order valence-corrected chi connectivity index (χ1v) is 6.08. The molecule has 1 aliphatic carbocycles. The van der Waals surface area contributed by atoms with E-state index in [2.05, 4.69) is 17.6 Å². The highest BCUT2D eigenvalue weighted by molar-refractivity contribution is 5.78. The van der Waals surface area contributed by atoms with Gasteiger partial charge in [0.15, 0.2) is 0 Å². The van der Waals surface area contributed by atoms with Gasteiger partial charge in [-0.2, -0.15) is 0 Å². The van der Waals surface area contributed by atoms with E-state index in [1.807, 2.05) is 13.8 Å². The molecule has 1 amide bonds. The molecular weight excluding hydrogens is 188 g/mol. The summed E-state index contributed by atoms with van der Waals surface area (Å²) in [6.07, 6.45) is 3.99. The van der Waals surface area contributed by atoms with Crippen LogP contribution in [0.5, 0.6) is 0 Å². The second-order valence-corrected chi connectivity index (χ2v) is 5.14. The lowest BCUT2D eigenvalue weighted by Gasteiger charge is -2.12. The minimum Gasteiger partial charge on any atom is -0.353 e. The molecule has 1 saturated carbocycles. The molecule has 0 aromatic carbocycles. The van der Waals surface area contributed by atoms with Gasteiger partial charge in [0.25, 0.3) is 0 Å². The standard InChI is InChI=1S/C12H24N2O/c1-9(2)14-12(15)8-13-7-11-5-4-10(3)6-11/h9-11,13H,4-8H2,1-3H3,(H,14,15). The molecule has 0 aliphatic heterocycles. The van der Waals surface area contributed by atoms with Crippen LogP contribution >= 0.6 is 0 Å². The van der Waals surface area contributed by atoms with Gasteiger partial charge in [-0.25, -0.2) is 0 Å². The molecule has 0 bridgehead atoms. The van der Waals surface area contributed by atoms with Crippen LogP contribution in [-0.4, -0.2) is 25.0 Å². The zero-order valence-electron chi connectivity index (χ0n) is 10.2. The number of carbonyl (C=O) groups excluding carboxylic acids is 1. The average Bonchev–Trinajstić information content (AvgIpc) is 2.50. The topological polar surface area (TPSA) is 41.1 Å². The maximum absolute atomic E-state index is 11.3. The number of hydrogen-bond acceptors (Lipinski definition) is 2. The lowest BCUT2D eigenvalue weighted by atomic mass is 10.1. The van der Waals surface area contributed by atoms with Gasteiger partial charge in [0.1, 0.15) is 0 Å². The maximum Gasteiger partial charge on any atom is 0.234 e. The van der Waals surface area contributed by atoms with Crippen LogP contribution in [0.15, 0.2) is 0 Å². The number of nitrogens with one attached hydrogen (secondary N) is 2.